The highest BCUT2D eigenvalue weighted by Gasteiger charge is 2.15. The second-order valence-corrected chi connectivity index (χ2v) is 11.9. The number of hydrogen-bond donors (Lipinski definition) is 6. The smallest absolute Gasteiger partial charge is 0.308 e. The summed E-state index contributed by atoms with van der Waals surface area (Å²) in [5.74, 6) is 0. The highest BCUT2D eigenvalue weighted by molar-refractivity contribution is 6.08. The zero-order chi connectivity index (χ0) is 31.9. The summed E-state index contributed by atoms with van der Waals surface area (Å²) in [7, 11) is 12.4. The van der Waals surface area contributed by atoms with Crippen LogP contribution in [0.1, 0.15) is 0 Å². The van der Waals surface area contributed by atoms with Gasteiger partial charge in [0.2, 0.25) is 0 Å². The van der Waals surface area contributed by atoms with Crippen LogP contribution in [-0.4, -0.2) is 60.4 Å². The van der Waals surface area contributed by atoms with E-state index in [4.69, 9.17) is 0 Å². The van der Waals surface area contributed by atoms with Crippen LogP contribution in [0.3, 0.4) is 0 Å². The Hall–Kier alpha value is -5.39. The number of para-hydroxylation sites is 4. The number of amides is 6. The van der Waals surface area contributed by atoms with Crippen LogP contribution in [0.5, 0.6) is 0 Å². The van der Waals surface area contributed by atoms with Gasteiger partial charge in [0.15, 0.2) is 0 Å². The number of rotatable bonds is 8. The molecule has 0 saturated carbocycles. The van der Waals surface area contributed by atoms with E-state index in [0.29, 0.717) is 43.1 Å². The van der Waals surface area contributed by atoms with Crippen molar-refractivity contribution >= 4 is 63.6 Å². The van der Waals surface area contributed by atoms with Crippen molar-refractivity contribution in [1.82, 2.24) is 8.97 Å². The third-order valence-corrected chi connectivity index (χ3v) is 6.65. The van der Waals surface area contributed by atoms with Crippen LogP contribution in [0.15, 0.2) is 97.1 Å². The lowest BCUT2D eigenvalue weighted by molar-refractivity contribution is 0.261. The predicted octanol–water partition coefficient (Wildman–Crippen LogP) is 7.01. The summed E-state index contributed by atoms with van der Waals surface area (Å²) in [6.45, 7) is 0. The van der Waals surface area contributed by atoms with Gasteiger partial charge in [0, 0.05) is 35.6 Å². The molecule has 0 aliphatic rings. The molecule has 0 saturated heterocycles. The van der Waals surface area contributed by atoms with Crippen molar-refractivity contribution in [2.24, 2.45) is 0 Å². The normalized spacial score (nSPS) is 11.2. The van der Waals surface area contributed by atoms with E-state index in [1.54, 1.807) is 48.5 Å². The molecule has 44 heavy (non-hydrogen) atoms. The fourth-order valence-electron chi connectivity index (χ4n) is 4.23. The lowest BCUT2D eigenvalue weighted by atomic mass is 10.2. The van der Waals surface area contributed by atoms with E-state index in [9.17, 15) is 14.4 Å². The summed E-state index contributed by atoms with van der Waals surface area (Å²) < 4.78 is 1.32. The fraction of sp³-hybridized carbons (Fsp3) is 0.182. The largest absolute Gasteiger partial charge is 0.323 e. The zero-order valence-corrected chi connectivity index (χ0v) is 25.9. The zero-order valence-electron chi connectivity index (χ0n) is 25.9. The van der Waals surface area contributed by atoms with Gasteiger partial charge in [0.1, 0.15) is 11.4 Å². The molecule has 0 aromatic heterocycles. The number of anilines is 6. The number of urea groups is 3. The second kappa shape index (κ2) is 13.3. The van der Waals surface area contributed by atoms with Crippen LogP contribution >= 0.6 is 0 Å². The third-order valence-electron chi connectivity index (χ3n) is 6.65. The van der Waals surface area contributed by atoms with Crippen molar-refractivity contribution in [3.63, 3.8) is 0 Å². The second-order valence-electron chi connectivity index (χ2n) is 11.9. The molecule has 0 atom stereocenters. The van der Waals surface area contributed by atoms with Crippen molar-refractivity contribution in [1.29, 1.82) is 0 Å². The van der Waals surface area contributed by atoms with Gasteiger partial charge >= 0.3 is 18.1 Å². The van der Waals surface area contributed by atoms with Gasteiger partial charge in [-0.2, -0.15) is 0 Å². The third kappa shape index (κ3) is 8.81. The lowest BCUT2D eigenvalue weighted by Crippen LogP contribution is -2.34. The van der Waals surface area contributed by atoms with Gasteiger partial charge < -0.3 is 31.9 Å². The van der Waals surface area contributed by atoms with Gasteiger partial charge in [-0.25, -0.2) is 14.4 Å². The van der Waals surface area contributed by atoms with Gasteiger partial charge in [-0.15, -0.1) is 0 Å². The summed E-state index contributed by atoms with van der Waals surface area (Å²) in [4.78, 5) is 38.4. The predicted molar refractivity (Wildman–Crippen MR) is 183 cm³/mol. The summed E-state index contributed by atoms with van der Waals surface area (Å²) in [5, 5.41) is 16.7. The molecule has 6 amide bonds. The number of quaternary nitrogens is 2. The molecule has 0 aliphatic heterocycles. The number of nitrogens with zero attached hydrogens (tertiary/aromatic N) is 2. The minimum Gasteiger partial charge on any atom is -0.308 e. The van der Waals surface area contributed by atoms with Gasteiger partial charge in [-0.05, 0) is 48.5 Å². The SMILES string of the molecule is C[N+](C)(C)c1ccc(NC(=O)Nc2ccccc2NC(=O)Nc2ccccc2NC(=O)Nc2ccc([N+](C)(C)C)cc2)cc1. The average Bonchev–Trinajstić information content (AvgIpc) is 2.95. The first-order valence-electron chi connectivity index (χ1n) is 14.0. The van der Waals surface area contributed by atoms with E-state index in [2.05, 4.69) is 74.2 Å². The van der Waals surface area contributed by atoms with Crippen molar-refractivity contribution < 1.29 is 14.4 Å². The van der Waals surface area contributed by atoms with Crippen LogP contribution in [0.25, 0.3) is 0 Å². The van der Waals surface area contributed by atoms with Crippen molar-refractivity contribution in [2.75, 3.05) is 74.2 Å². The van der Waals surface area contributed by atoms with Crippen LogP contribution in [-0.2, 0) is 0 Å². The number of carbonyl (C=O) groups is 3. The van der Waals surface area contributed by atoms with Crippen LogP contribution < -0.4 is 40.9 Å². The number of benzene rings is 4. The monoisotopic (exact) mass is 596 g/mol. The standard InChI is InChI=1S/C33H38N8O3/c1-40(2,3)25-19-15-23(16-20-25)34-31(42)36-27-11-7-9-13-29(27)38-33(44)39-30-14-10-8-12-28(30)37-32(43)35-24-17-21-26(22-18-24)41(4,5)6/h7-22H,1-6H3,(H4-2,34,35,36,37,38,39,42,43,44)/p+2. The summed E-state index contributed by atoms with van der Waals surface area (Å²) in [5.41, 5.74) is 5.06. The van der Waals surface area contributed by atoms with Gasteiger partial charge in [-0.3, -0.25) is 8.97 Å². The summed E-state index contributed by atoms with van der Waals surface area (Å²) >= 11 is 0. The average molecular weight is 597 g/mol. The highest BCUT2D eigenvalue weighted by atomic mass is 16.2. The maximum atomic E-state index is 13.0. The van der Waals surface area contributed by atoms with E-state index in [1.165, 1.54) is 0 Å². The molecular weight excluding hydrogens is 556 g/mol. The van der Waals surface area contributed by atoms with Gasteiger partial charge in [0.05, 0.1) is 65.0 Å². The molecule has 0 heterocycles. The summed E-state index contributed by atoms with van der Waals surface area (Å²) in [6.07, 6.45) is 0. The molecule has 11 nitrogen and oxygen atoms in total. The van der Waals surface area contributed by atoms with Gasteiger partial charge in [-0.1, -0.05) is 24.3 Å². The molecule has 6 N–H and O–H groups in total. The summed E-state index contributed by atoms with van der Waals surface area (Å²) in [6, 6.07) is 27.4. The Bertz CT molecular complexity index is 1500. The van der Waals surface area contributed by atoms with Crippen molar-refractivity contribution in [3.05, 3.63) is 97.1 Å². The molecule has 4 aromatic carbocycles. The van der Waals surface area contributed by atoms with E-state index in [-0.39, 0.29) is 0 Å². The number of hydrogen-bond acceptors (Lipinski definition) is 3. The Morgan fingerprint density at radius 1 is 0.386 bits per heavy atom. The number of carbonyl (C=O) groups excluding carboxylic acids is 3. The first kappa shape index (κ1) is 31.5. The Morgan fingerprint density at radius 2 is 0.636 bits per heavy atom. The number of nitrogens with one attached hydrogen (secondary N) is 6. The Kier molecular flexibility index (Phi) is 9.52. The molecule has 0 fully saturated rings. The quantitative estimate of drug-likeness (QED) is 0.123. The molecule has 0 unspecified atom stereocenters. The molecule has 0 bridgehead atoms. The topological polar surface area (TPSA) is 123 Å². The lowest BCUT2D eigenvalue weighted by Gasteiger charge is -2.23. The molecule has 4 aromatic rings. The first-order valence-corrected chi connectivity index (χ1v) is 14.0. The van der Waals surface area contributed by atoms with Gasteiger partial charge in [0.25, 0.3) is 0 Å². The maximum Gasteiger partial charge on any atom is 0.323 e. The Balaban J connectivity index is 1.36. The molecule has 4 rings (SSSR count). The molecule has 0 radical (unpaired) electrons. The first-order chi connectivity index (χ1) is 20.8. The Labute approximate surface area is 258 Å². The molecule has 11 heteroatoms. The van der Waals surface area contributed by atoms with Crippen molar-refractivity contribution in [3.8, 4) is 0 Å². The molecule has 0 spiro atoms. The molecule has 0 aliphatic carbocycles. The van der Waals surface area contributed by atoms with E-state index in [0.717, 1.165) is 11.4 Å². The highest BCUT2D eigenvalue weighted by Crippen LogP contribution is 2.26. The fourth-order valence-corrected chi connectivity index (χ4v) is 4.23. The molecular formula is C33H40N8O3+2. The van der Waals surface area contributed by atoms with Crippen LogP contribution in [0, 0.1) is 0 Å². The van der Waals surface area contributed by atoms with Crippen molar-refractivity contribution in [2.45, 2.75) is 0 Å². The molecule has 228 valence electrons. The van der Waals surface area contributed by atoms with E-state index in [1.807, 2.05) is 48.5 Å². The van der Waals surface area contributed by atoms with E-state index >= 15 is 0 Å². The maximum absolute atomic E-state index is 13.0. The van der Waals surface area contributed by atoms with E-state index < -0.39 is 18.1 Å². The Morgan fingerprint density at radius 3 is 0.886 bits per heavy atom. The van der Waals surface area contributed by atoms with Crippen LogP contribution in [0.2, 0.25) is 0 Å². The minimum absolute atomic E-state index is 0.390. The van der Waals surface area contributed by atoms with Crippen LogP contribution in [0.4, 0.5) is 59.9 Å². The minimum atomic E-state index is -0.555.